The van der Waals surface area contributed by atoms with E-state index in [1.807, 2.05) is 4.68 Å². The Morgan fingerprint density at radius 3 is 3.06 bits per heavy atom. The molecule has 2 heterocycles. The quantitative estimate of drug-likeness (QED) is 0.634. The first-order valence-electron chi connectivity index (χ1n) is 6.46. The minimum Gasteiger partial charge on any atom is -0.378 e. The topological polar surface area (TPSA) is 65.1 Å². The molecule has 1 aromatic rings. The molecule has 6 heteroatoms. The van der Waals surface area contributed by atoms with E-state index in [1.165, 1.54) is 0 Å². The standard InChI is InChI=1S/C12H21ClN4O/c1-3-4-17-12(10(13)6-15-17)11(16-14)9-5-8(2)18-7-9/h6,8-9,11,16H,3-5,7,14H2,1-2H3. The number of hydrazine groups is 1. The zero-order valence-corrected chi connectivity index (χ0v) is 11.7. The van der Waals surface area contributed by atoms with Gasteiger partial charge in [-0.15, -0.1) is 0 Å². The molecule has 1 aliphatic rings. The van der Waals surface area contributed by atoms with Crippen LogP contribution < -0.4 is 11.3 Å². The molecular formula is C12H21ClN4O. The van der Waals surface area contributed by atoms with Gasteiger partial charge in [0.05, 0.1) is 35.7 Å². The molecule has 0 amide bonds. The Kier molecular flexibility index (Phi) is 4.61. The summed E-state index contributed by atoms with van der Waals surface area (Å²) in [6, 6.07) is -0.00324. The lowest BCUT2D eigenvalue weighted by molar-refractivity contribution is 0.116. The van der Waals surface area contributed by atoms with Gasteiger partial charge in [-0.25, -0.2) is 0 Å². The van der Waals surface area contributed by atoms with E-state index >= 15 is 0 Å². The van der Waals surface area contributed by atoms with Gasteiger partial charge in [0.1, 0.15) is 0 Å². The van der Waals surface area contributed by atoms with Crippen LogP contribution in [0.5, 0.6) is 0 Å². The number of aromatic nitrogens is 2. The molecule has 3 N–H and O–H groups in total. The highest BCUT2D eigenvalue weighted by Crippen LogP contribution is 2.34. The summed E-state index contributed by atoms with van der Waals surface area (Å²) in [6.45, 7) is 5.76. The van der Waals surface area contributed by atoms with Crippen LogP contribution in [0.4, 0.5) is 0 Å². The van der Waals surface area contributed by atoms with Crippen molar-refractivity contribution in [2.45, 2.75) is 45.4 Å². The minimum absolute atomic E-state index is 0.00324. The second-order valence-corrected chi connectivity index (χ2v) is 5.29. The summed E-state index contributed by atoms with van der Waals surface area (Å²) in [4.78, 5) is 0. The number of ether oxygens (including phenoxy) is 1. The average molecular weight is 273 g/mol. The second-order valence-electron chi connectivity index (χ2n) is 4.88. The Bertz CT molecular complexity index is 395. The lowest BCUT2D eigenvalue weighted by Gasteiger charge is -2.23. The Morgan fingerprint density at radius 1 is 1.72 bits per heavy atom. The smallest absolute Gasteiger partial charge is 0.0834 e. The molecule has 2 rings (SSSR count). The molecule has 5 nitrogen and oxygen atoms in total. The van der Waals surface area contributed by atoms with E-state index in [2.05, 4.69) is 24.4 Å². The Hall–Kier alpha value is -0.620. The molecule has 1 fully saturated rings. The molecule has 0 spiro atoms. The molecule has 3 unspecified atom stereocenters. The highest BCUT2D eigenvalue weighted by molar-refractivity contribution is 6.31. The third-order valence-electron chi connectivity index (χ3n) is 3.44. The number of nitrogens with two attached hydrogens (primary N) is 1. The third kappa shape index (κ3) is 2.69. The summed E-state index contributed by atoms with van der Waals surface area (Å²) in [6.07, 6.45) is 3.98. The van der Waals surface area contributed by atoms with E-state index in [9.17, 15) is 0 Å². The van der Waals surface area contributed by atoms with E-state index in [1.54, 1.807) is 6.20 Å². The van der Waals surface area contributed by atoms with Crippen LogP contribution in [-0.4, -0.2) is 22.5 Å². The lowest BCUT2D eigenvalue weighted by Crippen LogP contribution is -2.35. The first-order chi connectivity index (χ1) is 8.67. The van der Waals surface area contributed by atoms with Gasteiger partial charge < -0.3 is 4.74 Å². The maximum absolute atomic E-state index is 6.25. The van der Waals surface area contributed by atoms with Crippen molar-refractivity contribution in [1.82, 2.24) is 15.2 Å². The fourth-order valence-electron chi connectivity index (χ4n) is 2.59. The number of nitrogens with one attached hydrogen (secondary N) is 1. The SMILES string of the molecule is CCCn1ncc(Cl)c1C(NN)C1COC(C)C1. The molecule has 1 aliphatic heterocycles. The van der Waals surface area contributed by atoms with Crippen molar-refractivity contribution >= 4 is 11.6 Å². The molecule has 18 heavy (non-hydrogen) atoms. The Balaban J connectivity index is 2.23. The normalized spacial score (nSPS) is 25.6. The van der Waals surface area contributed by atoms with Gasteiger partial charge in [-0.1, -0.05) is 18.5 Å². The van der Waals surface area contributed by atoms with Crippen LogP contribution in [0.1, 0.15) is 38.4 Å². The summed E-state index contributed by atoms with van der Waals surface area (Å²) in [7, 11) is 0. The van der Waals surface area contributed by atoms with Crippen molar-refractivity contribution in [3.8, 4) is 0 Å². The predicted octanol–water partition coefficient (Wildman–Crippen LogP) is 1.88. The first kappa shape index (κ1) is 13.8. The molecule has 0 radical (unpaired) electrons. The Labute approximate surface area is 113 Å². The van der Waals surface area contributed by atoms with Crippen molar-refractivity contribution in [1.29, 1.82) is 0 Å². The fourth-order valence-corrected chi connectivity index (χ4v) is 2.85. The van der Waals surface area contributed by atoms with Gasteiger partial charge in [-0.2, -0.15) is 5.10 Å². The van der Waals surface area contributed by atoms with Gasteiger partial charge in [0, 0.05) is 12.5 Å². The number of halogens is 1. The average Bonchev–Trinajstić information content (AvgIpc) is 2.91. The number of hydrogen-bond acceptors (Lipinski definition) is 4. The molecule has 102 valence electrons. The van der Waals surface area contributed by atoms with Gasteiger partial charge in [0.15, 0.2) is 0 Å². The van der Waals surface area contributed by atoms with Crippen LogP contribution >= 0.6 is 11.6 Å². The maximum atomic E-state index is 6.25. The number of nitrogens with zero attached hydrogens (tertiary/aromatic N) is 2. The van der Waals surface area contributed by atoms with Gasteiger partial charge >= 0.3 is 0 Å². The largest absolute Gasteiger partial charge is 0.378 e. The summed E-state index contributed by atoms with van der Waals surface area (Å²) < 4.78 is 7.56. The van der Waals surface area contributed by atoms with Crippen molar-refractivity contribution in [2.24, 2.45) is 11.8 Å². The van der Waals surface area contributed by atoms with Gasteiger partial charge in [0.2, 0.25) is 0 Å². The zero-order valence-electron chi connectivity index (χ0n) is 10.9. The zero-order chi connectivity index (χ0) is 13.1. The summed E-state index contributed by atoms with van der Waals surface area (Å²) in [5.41, 5.74) is 3.86. The van der Waals surface area contributed by atoms with E-state index in [0.29, 0.717) is 17.5 Å². The van der Waals surface area contributed by atoms with Crippen LogP contribution in [0.25, 0.3) is 0 Å². The van der Waals surface area contributed by atoms with Crippen molar-refractivity contribution in [2.75, 3.05) is 6.61 Å². The van der Waals surface area contributed by atoms with Crippen LogP contribution in [-0.2, 0) is 11.3 Å². The highest BCUT2D eigenvalue weighted by Gasteiger charge is 2.33. The van der Waals surface area contributed by atoms with E-state index < -0.39 is 0 Å². The molecule has 0 bridgehead atoms. The van der Waals surface area contributed by atoms with Crippen molar-refractivity contribution < 1.29 is 4.74 Å². The lowest BCUT2D eigenvalue weighted by atomic mass is 9.95. The Morgan fingerprint density at radius 2 is 2.50 bits per heavy atom. The van der Waals surface area contributed by atoms with E-state index in [4.69, 9.17) is 22.2 Å². The molecule has 1 saturated heterocycles. The first-order valence-corrected chi connectivity index (χ1v) is 6.84. The van der Waals surface area contributed by atoms with Crippen molar-refractivity contribution in [3.05, 3.63) is 16.9 Å². The number of aryl methyl sites for hydroxylation is 1. The van der Waals surface area contributed by atoms with Gasteiger partial charge in [0.25, 0.3) is 0 Å². The molecular weight excluding hydrogens is 252 g/mol. The molecule has 0 saturated carbocycles. The number of rotatable bonds is 5. The predicted molar refractivity (Wildman–Crippen MR) is 71.1 cm³/mol. The van der Waals surface area contributed by atoms with E-state index in [-0.39, 0.29) is 12.1 Å². The summed E-state index contributed by atoms with van der Waals surface area (Å²) >= 11 is 6.25. The maximum Gasteiger partial charge on any atom is 0.0834 e. The molecule has 1 aromatic heterocycles. The highest BCUT2D eigenvalue weighted by atomic mass is 35.5. The summed E-state index contributed by atoms with van der Waals surface area (Å²) in [5, 5.41) is 4.99. The van der Waals surface area contributed by atoms with Crippen LogP contribution in [0.15, 0.2) is 6.20 Å². The summed E-state index contributed by atoms with van der Waals surface area (Å²) in [5.74, 6) is 6.06. The van der Waals surface area contributed by atoms with Crippen LogP contribution in [0.2, 0.25) is 5.02 Å². The van der Waals surface area contributed by atoms with Gasteiger partial charge in [-0.3, -0.25) is 16.0 Å². The molecule has 3 atom stereocenters. The van der Waals surface area contributed by atoms with Gasteiger partial charge in [-0.05, 0) is 19.8 Å². The molecule has 0 aromatic carbocycles. The molecule has 0 aliphatic carbocycles. The monoisotopic (exact) mass is 272 g/mol. The minimum atomic E-state index is -0.00324. The van der Waals surface area contributed by atoms with E-state index in [0.717, 1.165) is 25.1 Å². The van der Waals surface area contributed by atoms with Crippen LogP contribution in [0, 0.1) is 5.92 Å². The second kappa shape index (κ2) is 6.02. The van der Waals surface area contributed by atoms with Crippen LogP contribution in [0.3, 0.4) is 0 Å². The number of hydrogen-bond donors (Lipinski definition) is 2. The fraction of sp³-hybridized carbons (Fsp3) is 0.750. The van der Waals surface area contributed by atoms with Crippen molar-refractivity contribution in [3.63, 3.8) is 0 Å². The third-order valence-corrected chi connectivity index (χ3v) is 3.73.